The van der Waals surface area contributed by atoms with Gasteiger partial charge in [-0.05, 0) is 81.5 Å². The van der Waals surface area contributed by atoms with E-state index in [2.05, 4.69) is 27.9 Å². The average molecular weight is 395 g/mol. The van der Waals surface area contributed by atoms with Gasteiger partial charge in [-0.15, -0.1) is 0 Å². The minimum atomic E-state index is -0.0694. The van der Waals surface area contributed by atoms with Gasteiger partial charge in [-0.2, -0.15) is 5.10 Å². The van der Waals surface area contributed by atoms with Gasteiger partial charge >= 0.3 is 0 Å². The van der Waals surface area contributed by atoms with Crippen LogP contribution in [0.2, 0.25) is 0 Å². The second-order valence-electron chi connectivity index (χ2n) is 8.62. The number of nitrogens with zero attached hydrogens (tertiary/aromatic N) is 2. The van der Waals surface area contributed by atoms with Crippen LogP contribution in [0, 0.1) is 5.92 Å². The van der Waals surface area contributed by atoms with Gasteiger partial charge < -0.3 is 10.6 Å². The predicted molar refractivity (Wildman–Crippen MR) is 112 cm³/mol. The molecule has 0 bridgehead atoms. The monoisotopic (exact) mass is 394 g/mol. The van der Waals surface area contributed by atoms with Crippen molar-refractivity contribution in [3.05, 3.63) is 52.3 Å². The van der Waals surface area contributed by atoms with Gasteiger partial charge in [0.25, 0.3) is 11.8 Å². The molecule has 1 atom stereocenters. The van der Waals surface area contributed by atoms with Gasteiger partial charge in [0.15, 0.2) is 0 Å². The first-order chi connectivity index (χ1) is 14.0. The lowest BCUT2D eigenvalue weighted by atomic mass is 9.90. The van der Waals surface area contributed by atoms with Gasteiger partial charge in [0.05, 0.1) is 17.5 Å². The van der Waals surface area contributed by atoms with Gasteiger partial charge in [0.2, 0.25) is 0 Å². The molecular weight excluding hydrogens is 364 g/mol. The molecule has 1 aromatic heterocycles. The number of nitrogens with one attached hydrogen (secondary N) is 2. The number of hydrogen-bond acceptors (Lipinski definition) is 3. The molecule has 29 heavy (non-hydrogen) atoms. The molecule has 0 unspecified atom stereocenters. The standard InChI is InChI=1S/C23H30N4O2/c1-15(2)26-23(29)20-14-25-27-10-9-16(11-21(20)27)13-24-22(28)19-8-7-17-5-3-4-6-18(17)12-19/h7-8,12,14-16H,3-6,9-11,13H2,1-2H3,(H,24,28)(H,26,29)/t16-/m1/s1. The Morgan fingerprint density at radius 1 is 1.17 bits per heavy atom. The maximum absolute atomic E-state index is 12.7. The highest BCUT2D eigenvalue weighted by Gasteiger charge is 2.26. The quantitative estimate of drug-likeness (QED) is 0.819. The molecular formula is C23H30N4O2. The van der Waals surface area contributed by atoms with Crippen molar-refractivity contribution in [1.29, 1.82) is 0 Å². The van der Waals surface area contributed by atoms with Crippen molar-refractivity contribution < 1.29 is 9.59 Å². The fourth-order valence-corrected chi connectivity index (χ4v) is 4.42. The molecule has 2 aliphatic rings. The summed E-state index contributed by atoms with van der Waals surface area (Å²) in [5.74, 6) is 0.238. The van der Waals surface area contributed by atoms with Crippen LogP contribution in [0.1, 0.15) is 70.6 Å². The van der Waals surface area contributed by atoms with E-state index in [1.165, 1.54) is 24.0 Å². The largest absolute Gasteiger partial charge is 0.352 e. The molecule has 0 spiro atoms. The summed E-state index contributed by atoms with van der Waals surface area (Å²) in [7, 11) is 0. The van der Waals surface area contributed by atoms with Crippen molar-refractivity contribution in [1.82, 2.24) is 20.4 Å². The van der Waals surface area contributed by atoms with Crippen molar-refractivity contribution in [2.24, 2.45) is 5.92 Å². The minimum Gasteiger partial charge on any atom is -0.352 e. The molecule has 2 heterocycles. The SMILES string of the molecule is CC(C)NC(=O)c1cnn2c1C[C@H](CNC(=O)c1ccc3c(c1)CCCC3)CC2. The lowest BCUT2D eigenvalue weighted by Gasteiger charge is -2.24. The van der Waals surface area contributed by atoms with Crippen molar-refractivity contribution in [2.75, 3.05) is 6.54 Å². The molecule has 0 fully saturated rings. The van der Waals surface area contributed by atoms with Crippen LogP contribution in [-0.2, 0) is 25.8 Å². The number of fused-ring (bicyclic) bond motifs is 2. The third kappa shape index (κ3) is 4.36. The van der Waals surface area contributed by atoms with Gasteiger partial charge in [-0.3, -0.25) is 14.3 Å². The zero-order valence-electron chi connectivity index (χ0n) is 17.3. The molecule has 2 amide bonds. The summed E-state index contributed by atoms with van der Waals surface area (Å²) in [6.07, 6.45) is 8.02. The lowest BCUT2D eigenvalue weighted by Crippen LogP contribution is -2.35. The van der Waals surface area contributed by atoms with E-state index in [-0.39, 0.29) is 17.9 Å². The summed E-state index contributed by atoms with van der Waals surface area (Å²) < 4.78 is 1.93. The summed E-state index contributed by atoms with van der Waals surface area (Å²) in [5.41, 5.74) is 5.10. The van der Waals surface area contributed by atoms with Crippen molar-refractivity contribution in [3.8, 4) is 0 Å². The number of aromatic nitrogens is 2. The number of carbonyl (C=O) groups excluding carboxylic acids is 2. The average Bonchev–Trinajstić information content (AvgIpc) is 3.14. The third-order valence-corrected chi connectivity index (χ3v) is 6.01. The van der Waals surface area contributed by atoms with E-state index in [4.69, 9.17) is 0 Å². The van der Waals surface area contributed by atoms with Crippen molar-refractivity contribution in [2.45, 2.75) is 65.0 Å². The number of aryl methyl sites for hydroxylation is 3. The molecule has 2 aromatic rings. The van der Waals surface area contributed by atoms with Gasteiger partial charge in [-0.1, -0.05) is 6.07 Å². The summed E-state index contributed by atoms with van der Waals surface area (Å²) in [6, 6.07) is 6.22. The second-order valence-corrected chi connectivity index (χ2v) is 8.62. The third-order valence-electron chi connectivity index (χ3n) is 6.01. The first-order valence-corrected chi connectivity index (χ1v) is 10.8. The Morgan fingerprint density at radius 3 is 2.76 bits per heavy atom. The van der Waals surface area contributed by atoms with E-state index in [0.717, 1.165) is 43.5 Å². The highest BCUT2D eigenvalue weighted by Crippen LogP contribution is 2.24. The van der Waals surface area contributed by atoms with E-state index in [0.29, 0.717) is 18.0 Å². The molecule has 2 N–H and O–H groups in total. The second kappa shape index (κ2) is 8.39. The van der Waals surface area contributed by atoms with Crippen LogP contribution < -0.4 is 10.6 Å². The Bertz CT molecular complexity index is 916. The minimum absolute atomic E-state index is 0.00442. The number of hydrogen-bond donors (Lipinski definition) is 2. The van der Waals surface area contributed by atoms with Crippen LogP contribution in [0.5, 0.6) is 0 Å². The van der Waals surface area contributed by atoms with Crippen LogP contribution in [0.4, 0.5) is 0 Å². The van der Waals surface area contributed by atoms with Gasteiger partial charge in [0, 0.05) is 24.7 Å². The molecule has 6 heteroatoms. The predicted octanol–water partition coefficient (Wildman–Crippen LogP) is 2.89. The number of rotatable bonds is 5. The van der Waals surface area contributed by atoms with E-state index < -0.39 is 0 Å². The summed E-state index contributed by atoms with van der Waals surface area (Å²) in [4.78, 5) is 25.1. The Labute approximate surface area is 172 Å². The molecule has 0 saturated heterocycles. The zero-order chi connectivity index (χ0) is 20.4. The van der Waals surface area contributed by atoms with Crippen molar-refractivity contribution >= 4 is 11.8 Å². The molecule has 0 radical (unpaired) electrons. The van der Waals surface area contributed by atoms with Gasteiger partial charge in [-0.25, -0.2) is 0 Å². The van der Waals surface area contributed by atoms with Gasteiger partial charge in [0.1, 0.15) is 0 Å². The molecule has 1 aromatic carbocycles. The summed E-state index contributed by atoms with van der Waals surface area (Å²) in [5, 5.41) is 10.4. The molecule has 154 valence electrons. The number of carbonyl (C=O) groups is 2. The lowest BCUT2D eigenvalue weighted by molar-refractivity contribution is 0.0930. The number of amides is 2. The Hall–Kier alpha value is -2.63. The van der Waals surface area contributed by atoms with E-state index in [1.807, 2.05) is 24.6 Å². The van der Waals surface area contributed by atoms with Crippen LogP contribution >= 0.6 is 0 Å². The number of benzene rings is 1. The van der Waals surface area contributed by atoms with Crippen LogP contribution in [0.15, 0.2) is 24.4 Å². The Morgan fingerprint density at radius 2 is 1.97 bits per heavy atom. The topological polar surface area (TPSA) is 76.0 Å². The molecule has 6 nitrogen and oxygen atoms in total. The Balaban J connectivity index is 1.38. The highest BCUT2D eigenvalue weighted by molar-refractivity contribution is 5.95. The van der Waals surface area contributed by atoms with E-state index >= 15 is 0 Å². The summed E-state index contributed by atoms with van der Waals surface area (Å²) in [6.45, 7) is 5.30. The maximum atomic E-state index is 12.7. The first-order valence-electron chi connectivity index (χ1n) is 10.8. The molecule has 4 rings (SSSR count). The highest BCUT2D eigenvalue weighted by atomic mass is 16.2. The van der Waals surface area contributed by atoms with Crippen LogP contribution in [0.3, 0.4) is 0 Å². The van der Waals surface area contributed by atoms with Crippen LogP contribution in [-0.4, -0.2) is 34.2 Å². The smallest absolute Gasteiger partial charge is 0.254 e. The molecule has 1 aliphatic carbocycles. The first kappa shape index (κ1) is 19.7. The fraction of sp³-hybridized carbons (Fsp3) is 0.522. The van der Waals surface area contributed by atoms with Crippen molar-refractivity contribution in [3.63, 3.8) is 0 Å². The summed E-state index contributed by atoms with van der Waals surface area (Å²) >= 11 is 0. The zero-order valence-corrected chi connectivity index (χ0v) is 17.3. The molecule has 0 saturated carbocycles. The van der Waals surface area contributed by atoms with E-state index in [1.54, 1.807) is 6.20 Å². The Kier molecular flexibility index (Phi) is 5.69. The maximum Gasteiger partial charge on any atom is 0.254 e. The van der Waals surface area contributed by atoms with Crippen LogP contribution in [0.25, 0.3) is 0 Å². The molecule has 1 aliphatic heterocycles. The van der Waals surface area contributed by atoms with E-state index in [9.17, 15) is 9.59 Å². The normalized spacial score (nSPS) is 18.1. The fourth-order valence-electron chi connectivity index (χ4n) is 4.42.